The number of halogens is 2. The van der Waals surface area contributed by atoms with Crippen molar-refractivity contribution >= 4 is 27.5 Å². The third kappa shape index (κ3) is 1.13. The summed E-state index contributed by atoms with van der Waals surface area (Å²) in [6.07, 6.45) is 0. The minimum absolute atomic E-state index is 0.0365. The Kier molecular flexibility index (Phi) is 2.02. The minimum atomic E-state index is -0.0365. The van der Waals surface area contributed by atoms with Crippen molar-refractivity contribution in [1.82, 2.24) is 0 Å². The number of benzene rings is 1. The zero-order valence-electron chi connectivity index (χ0n) is 6.18. The molecule has 64 valence electrons. The molecule has 4 heteroatoms. The molecule has 2 rings (SSSR count). The van der Waals surface area contributed by atoms with Crippen molar-refractivity contribution in [3.8, 4) is 5.75 Å². The van der Waals surface area contributed by atoms with E-state index < -0.39 is 0 Å². The fraction of sp³-hybridized carbons (Fsp3) is 0.250. The van der Waals surface area contributed by atoms with E-state index in [9.17, 15) is 0 Å². The van der Waals surface area contributed by atoms with Crippen LogP contribution in [0.25, 0.3) is 0 Å². The summed E-state index contributed by atoms with van der Waals surface area (Å²) in [5.41, 5.74) is 6.76. The maximum absolute atomic E-state index is 5.98. The largest absolute Gasteiger partial charge is 0.490 e. The number of ether oxygens (including phenoxy) is 1. The summed E-state index contributed by atoms with van der Waals surface area (Å²) in [5, 5.41) is 0.612. The van der Waals surface area contributed by atoms with Crippen LogP contribution in [-0.2, 0) is 0 Å². The monoisotopic (exact) mass is 247 g/mol. The third-order valence-electron chi connectivity index (χ3n) is 1.89. The van der Waals surface area contributed by atoms with Crippen LogP contribution in [0.2, 0.25) is 5.02 Å². The van der Waals surface area contributed by atoms with E-state index in [4.69, 9.17) is 22.1 Å². The lowest BCUT2D eigenvalue weighted by molar-refractivity contribution is 0.333. The van der Waals surface area contributed by atoms with Crippen LogP contribution in [-0.4, -0.2) is 6.61 Å². The van der Waals surface area contributed by atoms with Crippen molar-refractivity contribution in [3.05, 3.63) is 27.2 Å². The van der Waals surface area contributed by atoms with E-state index in [1.165, 1.54) is 0 Å². The number of nitrogens with two attached hydrogens (primary N) is 1. The quantitative estimate of drug-likeness (QED) is 0.766. The van der Waals surface area contributed by atoms with Gasteiger partial charge >= 0.3 is 0 Å². The van der Waals surface area contributed by atoms with Gasteiger partial charge in [0.15, 0.2) is 0 Å². The smallest absolute Gasteiger partial charge is 0.144 e. The van der Waals surface area contributed by atoms with Crippen molar-refractivity contribution in [3.63, 3.8) is 0 Å². The Morgan fingerprint density at radius 1 is 1.58 bits per heavy atom. The molecule has 0 saturated carbocycles. The number of hydrogen-bond donors (Lipinski definition) is 1. The standard InChI is InChI=1S/C8H7BrClNO/c9-5-2-1-4-6(11)3-12-8(4)7(5)10/h1-2,6H,3,11H2/t6-/m1/s1. The van der Waals surface area contributed by atoms with Crippen molar-refractivity contribution in [2.45, 2.75) is 6.04 Å². The summed E-state index contributed by atoms with van der Waals surface area (Å²) in [7, 11) is 0. The Balaban J connectivity index is 2.60. The van der Waals surface area contributed by atoms with Gasteiger partial charge in [-0.15, -0.1) is 0 Å². The molecule has 0 aliphatic carbocycles. The molecule has 0 unspecified atom stereocenters. The lowest BCUT2D eigenvalue weighted by Gasteiger charge is -2.03. The fourth-order valence-corrected chi connectivity index (χ4v) is 1.79. The molecule has 12 heavy (non-hydrogen) atoms. The van der Waals surface area contributed by atoms with Crippen LogP contribution < -0.4 is 10.5 Å². The Labute approximate surface area is 83.8 Å². The highest BCUT2D eigenvalue weighted by molar-refractivity contribution is 9.10. The summed E-state index contributed by atoms with van der Waals surface area (Å²) in [6.45, 7) is 0.519. The highest BCUT2D eigenvalue weighted by Gasteiger charge is 2.23. The molecular formula is C8H7BrClNO. The summed E-state index contributed by atoms with van der Waals surface area (Å²) >= 11 is 9.29. The first-order valence-corrected chi connectivity index (χ1v) is 4.73. The first-order chi connectivity index (χ1) is 5.70. The summed E-state index contributed by atoms with van der Waals surface area (Å²) < 4.78 is 6.18. The van der Waals surface area contributed by atoms with Crippen LogP contribution in [0, 0.1) is 0 Å². The topological polar surface area (TPSA) is 35.2 Å². The Hall–Kier alpha value is -0.250. The van der Waals surface area contributed by atoms with Gasteiger partial charge in [-0.3, -0.25) is 0 Å². The minimum Gasteiger partial charge on any atom is -0.490 e. The molecule has 0 spiro atoms. The van der Waals surface area contributed by atoms with Crippen LogP contribution in [0.4, 0.5) is 0 Å². The van der Waals surface area contributed by atoms with Crippen molar-refractivity contribution in [2.24, 2.45) is 5.73 Å². The molecule has 0 amide bonds. The van der Waals surface area contributed by atoms with Crippen LogP contribution >= 0.6 is 27.5 Å². The van der Waals surface area contributed by atoms with E-state index in [1.54, 1.807) is 0 Å². The van der Waals surface area contributed by atoms with E-state index in [-0.39, 0.29) is 6.04 Å². The fourth-order valence-electron chi connectivity index (χ4n) is 1.25. The Bertz CT molecular complexity index is 329. The number of fused-ring (bicyclic) bond motifs is 1. The van der Waals surface area contributed by atoms with E-state index in [0.29, 0.717) is 11.6 Å². The highest BCUT2D eigenvalue weighted by Crippen LogP contribution is 2.41. The van der Waals surface area contributed by atoms with Gasteiger partial charge in [0.05, 0.1) is 11.1 Å². The maximum atomic E-state index is 5.98. The van der Waals surface area contributed by atoms with Crippen molar-refractivity contribution in [1.29, 1.82) is 0 Å². The maximum Gasteiger partial charge on any atom is 0.144 e. The average molecular weight is 249 g/mol. The van der Waals surface area contributed by atoms with Gasteiger partial charge < -0.3 is 10.5 Å². The van der Waals surface area contributed by atoms with Crippen LogP contribution in [0.15, 0.2) is 16.6 Å². The molecule has 1 aliphatic rings. The molecule has 0 radical (unpaired) electrons. The van der Waals surface area contributed by atoms with Gasteiger partial charge in [0.2, 0.25) is 0 Å². The second kappa shape index (κ2) is 2.91. The van der Waals surface area contributed by atoms with Gasteiger partial charge in [0.1, 0.15) is 12.4 Å². The molecule has 1 heterocycles. The first-order valence-electron chi connectivity index (χ1n) is 3.56. The molecule has 0 aromatic heterocycles. The van der Waals surface area contributed by atoms with Gasteiger partial charge in [-0.2, -0.15) is 0 Å². The van der Waals surface area contributed by atoms with E-state index >= 15 is 0 Å². The summed E-state index contributed by atoms with van der Waals surface area (Å²) in [4.78, 5) is 0. The molecule has 1 aromatic rings. The zero-order chi connectivity index (χ0) is 8.72. The van der Waals surface area contributed by atoms with Gasteiger partial charge in [0, 0.05) is 10.0 Å². The summed E-state index contributed by atoms with van der Waals surface area (Å²) in [6, 6.07) is 3.78. The van der Waals surface area contributed by atoms with Crippen LogP contribution in [0.3, 0.4) is 0 Å². The van der Waals surface area contributed by atoms with E-state index in [1.807, 2.05) is 12.1 Å². The SMILES string of the molecule is N[C@@H]1COc2c1ccc(Br)c2Cl. The van der Waals surface area contributed by atoms with Crippen LogP contribution in [0.5, 0.6) is 5.75 Å². The van der Waals surface area contributed by atoms with Crippen molar-refractivity contribution < 1.29 is 4.74 Å². The molecule has 0 bridgehead atoms. The van der Waals surface area contributed by atoms with Gasteiger partial charge in [-0.25, -0.2) is 0 Å². The zero-order valence-corrected chi connectivity index (χ0v) is 8.52. The lowest BCUT2D eigenvalue weighted by Crippen LogP contribution is -2.10. The molecule has 1 atom stereocenters. The average Bonchev–Trinajstić information content (AvgIpc) is 2.41. The Morgan fingerprint density at radius 3 is 3.08 bits per heavy atom. The normalized spacial score (nSPS) is 20.4. The molecule has 1 aliphatic heterocycles. The van der Waals surface area contributed by atoms with Gasteiger partial charge in [-0.05, 0) is 22.0 Å². The van der Waals surface area contributed by atoms with E-state index in [0.717, 1.165) is 15.8 Å². The molecular weight excluding hydrogens is 241 g/mol. The third-order valence-corrected chi connectivity index (χ3v) is 3.15. The first kappa shape index (κ1) is 8.35. The molecule has 2 N–H and O–H groups in total. The number of hydrogen-bond acceptors (Lipinski definition) is 2. The number of rotatable bonds is 0. The molecule has 0 fully saturated rings. The second-order valence-electron chi connectivity index (χ2n) is 2.70. The van der Waals surface area contributed by atoms with Gasteiger partial charge in [0.25, 0.3) is 0 Å². The van der Waals surface area contributed by atoms with Crippen LogP contribution in [0.1, 0.15) is 11.6 Å². The highest BCUT2D eigenvalue weighted by atomic mass is 79.9. The summed E-state index contributed by atoms with van der Waals surface area (Å²) in [5.74, 6) is 0.721. The lowest BCUT2D eigenvalue weighted by atomic mass is 10.1. The molecule has 0 saturated heterocycles. The Morgan fingerprint density at radius 2 is 2.33 bits per heavy atom. The van der Waals surface area contributed by atoms with Gasteiger partial charge in [-0.1, -0.05) is 17.7 Å². The molecule has 1 aromatic carbocycles. The second-order valence-corrected chi connectivity index (χ2v) is 3.93. The molecule has 2 nitrogen and oxygen atoms in total. The van der Waals surface area contributed by atoms with Crippen molar-refractivity contribution in [2.75, 3.05) is 6.61 Å². The predicted molar refractivity (Wildman–Crippen MR) is 51.6 cm³/mol. The van der Waals surface area contributed by atoms with E-state index in [2.05, 4.69) is 15.9 Å². The predicted octanol–water partition coefficient (Wildman–Crippen LogP) is 2.49.